The normalized spacial score (nSPS) is 18.9. The van der Waals surface area contributed by atoms with Crippen molar-refractivity contribution in [1.82, 2.24) is 9.97 Å². The van der Waals surface area contributed by atoms with Crippen LogP contribution in [0.2, 0.25) is 0 Å². The van der Waals surface area contributed by atoms with Crippen molar-refractivity contribution in [3.63, 3.8) is 0 Å². The van der Waals surface area contributed by atoms with Gasteiger partial charge in [-0.3, -0.25) is 0 Å². The summed E-state index contributed by atoms with van der Waals surface area (Å²) in [6, 6.07) is 7.85. The predicted molar refractivity (Wildman–Crippen MR) is 101 cm³/mol. The molecule has 3 N–H and O–H groups in total. The second-order valence-corrected chi connectivity index (χ2v) is 6.61. The van der Waals surface area contributed by atoms with Gasteiger partial charge in [0.1, 0.15) is 5.82 Å². The second kappa shape index (κ2) is 7.78. The van der Waals surface area contributed by atoms with E-state index >= 15 is 0 Å². The topological polar surface area (TPSA) is 93.7 Å². The van der Waals surface area contributed by atoms with Crippen LogP contribution in [0.5, 0.6) is 11.5 Å². The van der Waals surface area contributed by atoms with Crippen LogP contribution >= 0.6 is 0 Å². The summed E-state index contributed by atoms with van der Waals surface area (Å²) in [6.07, 6.45) is 1.24. The fraction of sp³-hybridized carbons (Fsp3) is 0.474. The number of benzene rings is 1. The zero-order valence-electron chi connectivity index (χ0n) is 15.5. The molecule has 7 nitrogen and oxygen atoms in total. The average molecular weight is 358 g/mol. The molecule has 1 heterocycles. The Labute approximate surface area is 153 Å². The number of rotatable bonds is 7. The van der Waals surface area contributed by atoms with E-state index in [1.165, 1.54) is 0 Å². The molecular formula is C19H26N4O3. The monoisotopic (exact) mass is 358 g/mol. The molecule has 1 saturated carbocycles. The number of hydrogen-bond acceptors (Lipinski definition) is 7. The van der Waals surface area contributed by atoms with Crippen molar-refractivity contribution in [1.29, 1.82) is 0 Å². The lowest BCUT2D eigenvalue weighted by Gasteiger charge is -2.31. The summed E-state index contributed by atoms with van der Waals surface area (Å²) in [4.78, 5) is 10.7. The van der Waals surface area contributed by atoms with Crippen LogP contribution in [0.25, 0.3) is 0 Å². The van der Waals surface area contributed by atoms with Gasteiger partial charge in [0.05, 0.1) is 25.5 Å². The third kappa shape index (κ3) is 3.99. The maximum atomic E-state index is 9.53. The van der Waals surface area contributed by atoms with Gasteiger partial charge in [-0.2, -0.15) is 4.98 Å². The Morgan fingerprint density at radius 1 is 1.23 bits per heavy atom. The molecule has 1 aliphatic rings. The molecule has 140 valence electrons. The summed E-state index contributed by atoms with van der Waals surface area (Å²) in [6.45, 7) is 3.17. The number of hydrogen-bond donors (Lipinski definition) is 2. The molecule has 26 heavy (non-hydrogen) atoms. The van der Waals surface area contributed by atoms with Crippen LogP contribution in [0.15, 0.2) is 24.3 Å². The highest BCUT2D eigenvalue weighted by atomic mass is 16.5. The number of methoxy groups -OCH3 is 1. The Morgan fingerprint density at radius 3 is 2.65 bits per heavy atom. The molecule has 0 aliphatic heterocycles. The van der Waals surface area contributed by atoms with Crippen molar-refractivity contribution >= 4 is 11.8 Å². The van der Waals surface area contributed by atoms with Crippen LogP contribution in [0.1, 0.15) is 36.9 Å². The fourth-order valence-electron chi connectivity index (χ4n) is 3.15. The van der Waals surface area contributed by atoms with Gasteiger partial charge in [-0.05, 0) is 37.5 Å². The average Bonchev–Trinajstić information content (AvgIpc) is 2.59. The highest BCUT2D eigenvalue weighted by molar-refractivity contribution is 5.47. The maximum Gasteiger partial charge on any atom is 0.222 e. The largest absolute Gasteiger partial charge is 0.493 e. The van der Waals surface area contributed by atoms with E-state index in [1.807, 2.05) is 43.1 Å². The lowest BCUT2D eigenvalue weighted by molar-refractivity contribution is 0.0732. The highest BCUT2D eigenvalue weighted by Crippen LogP contribution is 2.37. The van der Waals surface area contributed by atoms with E-state index in [4.69, 9.17) is 15.2 Å². The molecule has 0 unspecified atom stereocenters. The van der Waals surface area contributed by atoms with E-state index in [9.17, 15) is 5.11 Å². The predicted octanol–water partition coefficient (Wildman–Crippen LogP) is 2.34. The van der Waals surface area contributed by atoms with Crippen molar-refractivity contribution in [2.45, 2.75) is 38.3 Å². The smallest absolute Gasteiger partial charge is 0.222 e. The molecule has 1 aliphatic carbocycles. The number of aliphatic hydroxyl groups excluding tert-OH is 1. The summed E-state index contributed by atoms with van der Waals surface area (Å²) in [5.74, 6) is 2.73. The van der Waals surface area contributed by atoms with Crippen molar-refractivity contribution in [2.24, 2.45) is 0 Å². The lowest BCUT2D eigenvalue weighted by atomic mass is 9.80. The highest BCUT2D eigenvalue weighted by Gasteiger charge is 2.30. The van der Waals surface area contributed by atoms with Gasteiger partial charge in [-0.15, -0.1) is 0 Å². The van der Waals surface area contributed by atoms with Crippen LogP contribution < -0.4 is 20.1 Å². The van der Waals surface area contributed by atoms with Gasteiger partial charge in [0.25, 0.3) is 0 Å². The molecule has 0 bridgehead atoms. The molecule has 0 spiro atoms. The Balaban J connectivity index is 1.77. The number of nitrogens with zero attached hydrogens (tertiary/aromatic N) is 3. The van der Waals surface area contributed by atoms with Gasteiger partial charge < -0.3 is 25.2 Å². The number of aromatic nitrogens is 2. The number of anilines is 2. The minimum absolute atomic E-state index is 0.228. The number of nitrogen functional groups attached to an aromatic ring is 1. The molecule has 1 aromatic heterocycles. The summed E-state index contributed by atoms with van der Waals surface area (Å²) in [5, 5.41) is 9.53. The fourth-order valence-corrected chi connectivity index (χ4v) is 3.15. The first-order valence-electron chi connectivity index (χ1n) is 8.83. The molecule has 0 saturated heterocycles. The molecule has 0 amide bonds. The first-order valence-corrected chi connectivity index (χ1v) is 8.83. The molecule has 0 atom stereocenters. The zero-order chi connectivity index (χ0) is 18.7. The standard InChI is InChI=1S/C19H26N4O3/c1-4-26-17-7-12(5-6-16(17)25-3)11-23(2)18-10-15(21-19(20)22-18)13-8-14(24)9-13/h5-7,10,13-14,24H,4,8-9,11H2,1-3H3,(H2,20,21,22). The Bertz CT molecular complexity index is 762. The van der Waals surface area contributed by atoms with Gasteiger partial charge in [-0.25, -0.2) is 4.98 Å². The van der Waals surface area contributed by atoms with Crippen molar-refractivity contribution in [3.8, 4) is 11.5 Å². The van der Waals surface area contributed by atoms with Crippen LogP contribution in [-0.2, 0) is 6.54 Å². The third-order valence-corrected chi connectivity index (χ3v) is 4.62. The Kier molecular flexibility index (Phi) is 5.46. The quantitative estimate of drug-likeness (QED) is 0.784. The number of aliphatic hydroxyl groups is 1. The molecule has 7 heteroatoms. The van der Waals surface area contributed by atoms with Crippen molar-refractivity contribution in [3.05, 3.63) is 35.5 Å². The van der Waals surface area contributed by atoms with E-state index in [0.717, 1.165) is 41.4 Å². The Hall–Kier alpha value is -2.54. The van der Waals surface area contributed by atoms with Crippen LogP contribution in [0, 0.1) is 0 Å². The van der Waals surface area contributed by atoms with Crippen molar-refractivity contribution < 1.29 is 14.6 Å². The van der Waals surface area contributed by atoms with Crippen LogP contribution in [-0.4, -0.2) is 41.9 Å². The van der Waals surface area contributed by atoms with E-state index in [1.54, 1.807) is 7.11 Å². The molecule has 2 aromatic rings. The number of ether oxygens (including phenoxy) is 2. The van der Waals surface area contributed by atoms with E-state index < -0.39 is 0 Å². The van der Waals surface area contributed by atoms with Gasteiger partial charge in [0.2, 0.25) is 5.95 Å². The molecular weight excluding hydrogens is 332 g/mol. The third-order valence-electron chi connectivity index (χ3n) is 4.62. The molecule has 3 rings (SSSR count). The SMILES string of the molecule is CCOc1cc(CN(C)c2cc(C3CC(O)C3)nc(N)n2)ccc1OC. The van der Waals surface area contributed by atoms with E-state index in [2.05, 4.69) is 9.97 Å². The van der Waals surface area contributed by atoms with E-state index in [-0.39, 0.29) is 18.0 Å². The maximum absolute atomic E-state index is 9.53. The summed E-state index contributed by atoms with van der Waals surface area (Å²) >= 11 is 0. The van der Waals surface area contributed by atoms with Gasteiger partial charge in [0, 0.05) is 25.6 Å². The summed E-state index contributed by atoms with van der Waals surface area (Å²) in [5.41, 5.74) is 7.87. The van der Waals surface area contributed by atoms with E-state index in [0.29, 0.717) is 13.2 Å². The Morgan fingerprint density at radius 2 is 2.00 bits per heavy atom. The molecule has 1 aromatic carbocycles. The lowest BCUT2D eigenvalue weighted by Crippen LogP contribution is -2.28. The van der Waals surface area contributed by atoms with Crippen molar-refractivity contribution in [2.75, 3.05) is 31.4 Å². The minimum atomic E-state index is -0.228. The first-order chi connectivity index (χ1) is 12.5. The summed E-state index contributed by atoms with van der Waals surface area (Å²) in [7, 11) is 3.60. The number of nitrogens with two attached hydrogens (primary N) is 1. The zero-order valence-corrected chi connectivity index (χ0v) is 15.5. The van der Waals surface area contributed by atoms with Gasteiger partial charge in [0.15, 0.2) is 11.5 Å². The first kappa shape index (κ1) is 18.3. The summed E-state index contributed by atoms with van der Waals surface area (Å²) < 4.78 is 11.0. The molecule has 0 radical (unpaired) electrons. The van der Waals surface area contributed by atoms with Crippen LogP contribution in [0.3, 0.4) is 0 Å². The molecule has 1 fully saturated rings. The van der Waals surface area contributed by atoms with Gasteiger partial charge in [-0.1, -0.05) is 6.07 Å². The van der Waals surface area contributed by atoms with Gasteiger partial charge >= 0.3 is 0 Å². The van der Waals surface area contributed by atoms with Crippen LogP contribution in [0.4, 0.5) is 11.8 Å². The second-order valence-electron chi connectivity index (χ2n) is 6.61. The minimum Gasteiger partial charge on any atom is -0.493 e.